The number of nitrogens with one attached hydrogen (secondary N) is 3. The van der Waals surface area contributed by atoms with E-state index in [1.54, 1.807) is 55.5 Å². The van der Waals surface area contributed by atoms with Crippen LogP contribution in [0.15, 0.2) is 48.5 Å². The molecule has 166 valence electrons. The van der Waals surface area contributed by atoms with Crippen LogP contribution in [0.4, 0.5) is 11.4 Å². The SMILES string of the molecule is CCCCCCCOc1ccc(C(=O)NC(=S)Nc2ccc(NC(=O)CC)cc2)cc1. The molecule has 0 saturated carbocycles. The third-order valence-electron chi connectivity index (χ3n) is 4.61. The largest absolute Gasteiger partial charge is 0.494 e. The van der Waals surface area contributed by atoms with Crippen LogP contribution < -0.4 is 20.7 Å². The predicted molar refractivity (Wildman–Crippen MR) is 130 cm³/mol. The van der Waals surface area contributed by atoms with Crippen LogP contribution in [0.2, 0.25) is 0 Å². The Morgan fingerprint density at radius 3 is 2.06 bits per heavy atom. The van der Waals surface area contributed by atoms with Gasteiger partial charge in [-0.15, -0.1) is 0 Å². The lowest BCUT2D eigenvalue weighted by atomic mass is 10.2. The molecule has 2 amide bonds. The van der Waals surface area contributed by atoms with E-state index in [1.165, 1.54) is 25.7 Å². The second kappa shape index (κ2) is 13.4. The molecule has 0 bridgehead atoms. The highest BCUT2D eigenvalue weighted by Crippen LogP contribution is 2.15. The number of benzene rings is 2. The summed E-state index contributed by atoms with van der Waals surface area (Å²) in [5, 5.41) is 8.59. The second-order valence-corrected chi connectivity index (χ2v) is 7.58. The zero-order valence-corrected chi connectivity index (χ0v) is 19.0. The lowest BCUT2D eigenvalue weighted by Gasteiger charge is -2.11. The minimum Gasteiger partial charge on any atom is -0.494 e. The van der Waals surface area contributed by atoms with E-state index in [-0.39, 0.29) is 16.9 Å². The van der Waals surface area contributed by atoms with Crippen LogP contribution in [0.5, 0.6) is 5.75 Å². The molecule has 2 aromatic rings. The van der Waals surface area contributed by atoms with Crippen LogP contribution in [0.1, 0.15) is 62.7 Å². The maximum absolute atomic E-state index is 12.4. The highest BCUT2D eigenvalue weighted by atomic mass is 32.1. The Kier molecular flexibility index (Phi) is 10.5. The Hall–Kier alpha value is -2.93. The fourth-order valence-corrected chi connectivity index (χ4v) is 3.03. The molecule has 0 aliphatic rings. The van der Waals surface area contributed by atoms with Crippen molar-refractivity contribution in [1.82, 2.24) is 5.32 Å². The number of hydrogen-bond acceptors (Lipinski definition) is 4. The Morgan fingerprint density at radius 2 is 1.45 bits per heavy atom. The molecule has 0 saturated heterocycles. The maximum atomic E-state index is 12.4. The van der Waals surface area contributed by atoms with Crippen LogP contribution in [-0.2, 0) is 4.79 Å². The first-order chi connectivity index (χ1) is 15.0. The number of hydrogen-bond donors (Lipinski definition) is 3. The van der Waals surface area contributed by atoms with Crippen LogP contribution in [0.25, 0.3) is 0 Å². The van der Waals surface area contributed by atoms with E-state index in [1.807, 2.05) is 0 Å². The van der Waals surface area contributed by atoms with Crippen molar-refractivity contribution in [2.45, 2.75) is 52.4 Å². The van der Waals surface area contributed by atoms with Gasteiger partial charge in [-0.25, -0.2) is 0 Å². The molecule has 0 spiro atoms. The zero-order valence-electron chi connectivity index (χ0n) is 18.2. The standard InChI is InChI=1S/C24H31N3O3S/c1-3-5-6-7-8-17-30-21-15-9-18(10-16-21)23(29)27-24(31)26-20-13-11-19(12-14-20)25-22(28)4-2/h9-16H,3-8,17H2,1-2H3,(H,25,28)(H2,26,27,29,31). The third-order valence-corrected chi connectivity index (χ3v) is 4.81. The lowest BCUT2D eigenvalue weighted by molar-refractivity contribution is -0.115. The van der Waals surface area contributed by atoms with E-state index < -0.39 is 0 Å². The average molecular weight is 442 g/mol. The van der Waals surface area contributed by atoms with Gasteiger partial charge in [0.25, 0.3) is 5.91 Å². The Morgan fingerprint density at radius 1 is 0.839 bits per heavy atom. The summed E-state index contributed by atoms with van der Waals surface area (Å²) in [5.41, 5.74) is 1.91. The van der Waals surface area contributed by atoms with Crippen molar-refractivity contribution in [2.24, 2.45) is 0 Å². The van der Waals surface area contributed by atoms with E-state index in [9.17, 15) is 9.59 Å². The van der Waals surface area contributed by atoms with Crippen molar-refractivity contribution in [3.05, 3.63) is 54.1 Å². The predicted octanol–water partition coefficient (Wildman–Crippen LogP) is 5.51. The number of unbranched alkanes of at least 4 members (excludes halogenated alkanes) is 4. The fourth-order valence-electron chi connectivity index (χ4n) is 2.82. The van der Waals surface area contributed by atoms with Crippen molar-refractivity contribution in [1.29, 1.82) is 0 Å². The fraction of sp³-hybridized carbons (Fsp3) is 0.375. The molecule has 0 atom stereocenters. The van der Waals surface area contributed by atoms with Gasteiger partial charge in [-0.3, -0.25) is 14.9 Å². The normalized spacial score (nSPS) is 10.3. The molecule has 0 aromatic heterocycles. The number of ether oxygens (including phenoxy) is 1. The van der Waals surface area contributed by atoms with Gasteiger partial charge in [-0.1, -0.05) is 39.5 Å². The van der Waals surface area contributed by atoms with Gasteiger partial charge in [-0.2, -0.15) is 0 Å². The molecule has 3 N–H and O–H groups in total. The smallest absolute Gasteiger partial charge is 0.257 e. The van der Waals surface area contributed by atoms with E-state index in [0.29, 0.717) is 30.0 Å². The number of carbonyl (C=O) groups excluding carboxylic acids is 2. The van der Waals surface area contributed by atoms with Crippen molar-refractivity contribution in [3.8, 4) is 5.75 Å². The molecule has 2 aromatic carbocycles. The minimum atomic E-state index is -0.296. The Labute approximate surface area is 189 Å². The van der Waals surface area contributed by atoms with Crippen molar-refractivity contribution in [3.63, 3.8) is 0 Å². The summed E-state index contributed by atoms with van der Waals surface area (Å²) < 4.78 is 5.73. The third kappa shape index (κ3) is 9.17. The van der Waals surface area contributed by atoms with Crippen molar-refractivity contribution in [2.75, 3.05) is 17.2 Å². The monoisotopic (exact) mass is 441 g/mol. The zero-order chi connectivity index (χ0) is 22.5. The molecule has 2 rings (SSSR count). The summed E-state index contributed by atoms with van der Waals surface area (Å²) in [6.07, 6.45) is 6.37. The van der Waals surface area contributed by atoms with E-state index in [2.05, 4.69) is 22.9 Å². The van der Waals surface area contributed by atoms with Gasteiger partial charge in [0.15, 0.2) is 5.11 Å². The van der Waals surface area contributed by atoms with Gasteiger partial charge in [-0.05, 0) is 67.2 Å². The van der Waals surface area contributed by atoms with E-state index in [0.717, 1.165) is 12.2 Å². The number of rotatable bonds is 11. The molecule has 0 radical (unpaired) electrons. The molecule has 31 heavy (non-hydrogen) atoms. The molecule has 0 aliphatic heterocycles. The number of thiocarbonyl (C=S) groups is 1. The molecular weight excluding hydrogens is 410 g/mol. The first kappa shape index (κ1) is 24.3. The van der Waals surface area contributed by atoms with E-state index >= 15 is 0 Å². The van der Waals surface area contributed by atoms with Crippen LogP contribution in [-0.4, -0.2) is 23.5 Å². The van der Waals surface area contributed by atoms with Crippen LogP contribution in [0.3, 0.4) is 0 Å². The number of anilines is 2. The Bertz CT molecular complexity index is 851. The minimum absolute atomic E-state index is 0.0492. The topological polar surface area (TPSA) is 79.5 Å². The summed E-state index contributed by atoms with van der Waals surface area (Å²) in [4.78, 5) is 23.8. The summed E-state index contributed by atoms with van der Waals surface area (Å²) in [6.45, 7) is 4.68. The Balaban J connectivity index is 1.76. The van der Waals surface area contributed by atoms with Gasteiger partial charge < -0.3 is 15.4 Å². The van der Waals surface area contributed by atoms with Gasteiger partial charge >= 0.3 is 0 Å². The molecule has 7 heteroatoms. The van der Waals surface area contributed by atoms with Gasteiger partial charge in [0.05, 0.1) is 6.61 Å². The summed E-state index contributed by atoms with van der Waals surface area (Å²) in [7, 11) is 0. The van der Waals surface area contributed by atoms with Crippen LogP contribution >= 0.6 is 12.2 Å². The summed E-state index contributed by atoms with van der Waals surface area (Å²) >= 11 is 5.22. The molecule has 0 aliphatic carbocycles. The number of carbonyl (C=O) groups is 2. The molecule has 0 fully saturated rings. The summed E-state index contributed by atoms with van der Waals surface area (Å²) in [6, 6.07) is 14.1. The summed E-state index contributed by atoms with van der Waals surface area (Å²) in [5.74, 6) is 0.408. The van der Waals surface area contributed by atoms with Gasteiger partial charge in [0.1, 0.15) is 5.75 Å². The first-order valence-corrected chi connectivity index (χ1v) is 11.2. The maximum Gasteiger partial charge on any atom is 0.257 e. The lowest BCUT2D eigenvalue weighted by Crippen LogP contribution is -2.34. The van der Waals surface area contributed by atoms with Gasteiger partial charge in [0.2, 0.25) is 5.91 Å². The molecule has 0 unspecified atom stereocenters. The molecule has 6 nitrogen and oxygen atoms in total. The molecule has 0 heterocycles. The van der Waals surface area contributed by atoms with E-state index in [4.69, 9.17) is 17.0 Å². The first-order valence-electron chi connectivity index (χ1n) is 10.8. The number of amides is 2. The van der Waals surface area contributed by atoms with Crippen molar-refractivity contribution < 1.29 is 14.3 Å². The highest BCUT2D eigenvalue weighted by Gasteiger charge is 2.09. The quantitative estimate of drug-likeness (QED) is 0.316. The highest BCUT2D eigenvalue weighted by molar-refractivity contribution is 7.80. The average Bonchev–Trinajstić information content (AvgIpc) is 2.77. The van der Waals surface area contributed by atoms with Crippen molar-refractivity contribution >= 4 is 40.5 Å². The van der Waals surface area contributed by atoms with Gasteiger partial charge in [0, 0.05) is 23.4 Å². The van der Waals surface area contributed by atoms with Crippen LogP contribution in [0, 0.1) is 0 Å². The molecular formula is C24H31N3O3S. The second-order valence-electron chi connectivity index (χ2n) is 7.17.